The zero-order valence-corrected chi connectivity index (χ0v) is 12.7. The number of hydrogen-bond donors (Lipinski definition) is 2. The van der Waals surface area contributed by atoms with Crippen LogP contribution in [0.1, 0.15) is 6.92 Å². The fourth-order valence-corrected chi connectivity index (χ4v) is 3.45. The molecule has 0 aliphatic rings. The van der Waals surface area contributed by atoms with Crippen molar-refractivity contribution in [1.82, 2.24) is 10.2 Å². The van der Waals surface area contributed by atoms with Crippen LogP contribution in [0.25, 0.3) is 11.3 Å². The van der Waals surface area contributed by atoms with Crippen molar-refractivity contribution in [2.75, 3.05) is 17.3 Å². The average Bonchev–Trinajstić information content (AvgIpc) is 2.95. The van der Waals surface area contributed by atoms with E-state index in [0.717, 1.165) is 17.5 Å². The first kappa shape index (κ1) is 14.7. The summed E-state index contributed by atoms with van der Waals surface area (Å²) in [5, 5.41) is 13.3. The number of aromatic nitrogens is 2. The molecule has 0 radical (unpaired) electrons. The molecule has 0 aliphatic heterocycles. The summed E-state index contributed by atoms with van der Waals surface area (Å²) in [4.78, 5) is 11.9. The van der Waals surface area contributed by atoms with Crippen molar-refractivity contribution >= 4 is 32.9 Å². The molecule has 8 heteroatoms. The lowest BCUT2D eigenvalue weighted by Crippen LogP contribution is -2.26. The maximum Gasteiger partial charge on any atom is 0.229 e. The Morgan fingerprint density at radius 3 is 2.90 bits per heavy atom. The molecule has 0 spiro atoms. The molecule has 0 saturated heterocycles. The highest BCUT2D eigenvalue weighted by molar-refractivity contribution is 7.90. The van der Waals surface area contributed by atoms with Gasteiger partial charge in [0.15, 0.2) is 5.82 Å². The van der Waals surface area contributed by atoms with Gasteiger partial charge in [-0.3, -0.25) is 9.89 Å². The van der Waals surface area contributed by atoms with Gasteiger partial charge in [0, 0.05) is 29.2 Å². The van der Waals surface area contributed by atoms with E-state index in [1.807, 2.05) is 16.8 Å². The first-order chi connectivity index (χ1) is 9.35. The van der Waals surface area contributed by atoms with Gasteiger partial charge >= 0.3 is 0 Å². The number of anilines is 1. The van der Waals surface area contributed by atoms with Gasteiger partial charge in [-0.05, 0) is 11.4 Å². The van der Waals surface area contributed by atoms with Crippen LogP contribution in [0, 0.1) is 5.92 Å². The number of hydrogen-bond acceptors (Lipinski definition) is 5. The normalized spacial score (nSPS) is 13.1. The van der Waals surface area contributed by atoms with Crippen LogP contribution in [0.4, 0.5) is 5.82 Å². The van der Waals surface area contributed by atoms with Gasteiger partial charge in [0.05, 0.1) is 11.4 Å². The Kier molecular flexibility index (Phi) is 4.24. The van der Waals surface area contributed by atoms with E-state index in [2.05, 4.69) is 15.5 Å². The Morgan fingerprint density at radius 2 is 2.30 bits per heavy atom. The van der Waals surface area contributed by atoms with Crippen LogP contribution in [0.2, 0.25) is 0 Å². The summed E-state index contributed by atoms with van der Waals surface area (Å²) in [6.07, 6.45) is 1.11. The molecular formula is C12H15N3O3S2. The molecular weight excluding hydrogens is 298 g/mol. The van der Waals surface area contributed by atoms with Crippen LogP contribution in [-0.4, -0.2) is 36.5 Å². The van der Waals surface area contributed by atoms with Crippen LogP contribution >= 0.6 is 11.3 Å². The van der Waals surface area contributed by atoms with Gasteiger partial charge in [0.25, 0.3) is 0 Å². The zero-order valence-electron chi connectivity index (χ0n) is 11.1. The Hall–Kier alpha value is -1.67. The standard InChI is InChI=1S/C12H15N3O3S2/c1-8(7-20(2,17)18)12(16)13-11-5-10(14-15-11)9-3-4-19-6-9/h3-6,8H,7H2,1-2H3,(H2,13,14,15,16)/t8-/m0/s1. The second-order valence-corrected chi connectivity index (χ2v) is 7.63. The number of nitrogens with zero attached hydrogens (tertiary/aromatic N) is 1. The summed E-state index contributed by atoms with van der Waals surface area (Å²) < 4.78 is 22.3. The number of sulfone groups is 1. The summed E-state index contributed by atoms with van der Waals surface area (Å²) in [6, 6.07) is 3.66. The molecule has 2 rings (SSSR count). The lowest BCUT2D eigenvalue weighted by atomic mass is 10.2. The number of carbonyl (C=O) groups excluding carboxylic acids is 1. The summed E-state index contributed by atoms with van der Waals surface area (Å²) >= 11 is 1.57. The van der Waals surface area contributed by atoms with Gasteiger partial charge < -0.3 is 5.32 Å². The Balaban J connectivity index is 2.02. The molecule has 108 valence electrons. The predicted molar refractivity (Wildman–Crippen MR) is 79.4 cm³/mol. The summed E-state index contributed by atoms with van der Waals surface area (Å²) in [5.41, 5.74) is 1.80. The van der Waals surface area contributed by atoms with Crippen LogP contribution in [0.5, 0.6) is 0 Å². The number of thiophene rings is 1. The van der Waals surface area contributed by atoms with E-state index >= 15 is 0 Å². The van der Waals surface area contributed by atoms with Crippen molar-refractivity contribution in [2.45, 2.75) is 6.92 Å². The fourth-order valence-electron chi connectivity index (χ4n) is 1.73. The van der Waals surface area contributed by atoms with E-state index in [4.69, 9.17) is 0 Å². The smallest absolute Gasteiger partial charge is 0.229 e. The predicted octanol–water partition coefficient (Wildman–Crippen LogP) is 1.76. The van der Waals surface area contributed by atoms with Gasteiger partial charge in [-0.2, -0.15) is 16.4 Å². The quantitative estimate of drug-likeness (QED) is 0.879. The Labute approximate surface area is 121 Å². The van der Waals surface area contributed by atoms with Gasteiger partial charge in [-0.25, -0.2) is 8.42 Å². The number of aromatic amines is 1. The molecule has 1 amide bonds. The highest BCUT2D eigenvalue weighted by Crippen LogP contribution is 2.22. The Bertz CT molecular complexity index is 689. The summed E-state index contributed by atoms with van der Waals surface area (Å²) in [6.45, 7) is 1.57. The van der Waals surface area contributed by atoms with E-state index in [-0.39, 0.29) is 11.7 Å². The van der Waals surface area contributed by atoms with Gasteiger partial charge in [-0.1, -0.05) is 6.92 Å². The van der Waals surface area contributed by atoms with Crippen molar-refractivity contribution in [3.8, 4) is 11.3 Å². The molecule has 0 aliphatic carbocycles. The molecule has 2 aromatic heterocycles. The minimum absolute atomic E-state index is 0.180. The molecule has 1 atom stereocenters. The monoisotopic (exact) mass is 313 g/mol. The lowest BCUT2D eigenvalue weighted by Gasteiger charge is -2.08. The third-order valence-electron chi connectivity index (χ3n) is 2.66. The topological polar surface area (TPSA) is 91.9 Å². The van der Waals surface area contributed by atoms with Gasteiger partial charge in [-0.15, -0.1) is 0 Å². The second-order valence-electron chi connectivity index (χ2n) is 4.66. The molecule has 0 fully saturated rings. The van der Waals surface area contributed by atoms with E-state index in [9.17, 15) is 13.2 Å². The molecule has 2 aromatic rings. The number of carbonyl (C=O) groups is 1. The molecule has 2 N–H and O–H groups in total. The number of amides is 1. The van der Waals surface area contributed by atoms with E-state index in [1.165, 1.54) is 0 Å². The third kappa shape index (κ3) is 3.91. The first-order valence-electron chi connectivity index (χ1n) is 5.92. The van der Waals surface area contributed by atoms with Crippen molar-refractivity contribution < 1.29 is 13.2 Å². The highest BCUT2D eigenvalue weighted by Gasteiger charge is 2.19. The molecule has 20 heavy (non-hydrogen) atoms. The van der Waals surface area contributed by atoms with Crippen LogP contribution in [0.3, 0.4) is 0 Å². The molecule has 0 unspecified atom stereocenters. The minimum atomic E-state index is -3.18. The maximum absolute atomic E-state index is 11.9. The van der Waals surface area contributed by atoms with E-state index < -0.39 is 15.8 Å². The van der Waals surface area contributed by atoms with E-state index in [1.54, 1.807) is 24.3 Å². The van der Waals surface area contributed by atoms with Crippen molar-refractivity contribution in [3.05, 3.63) is 22.9 Å². The van der Waals surface area contributed by atoms with Crippen molar-refractivity contribution in [2.24, 2.45) is 5.92 Å². The maximum atomic E-state index is 11.9. The lowest BCUT2D eigenvalue weighted by molar-refractivity contribution is -0.118. The molecule has 0 saturated carbocycles. The van der Waals surface area contributed by atoms with Crippen LogP contribution in [0.15, 0.2) is 22.9 Å². The van der Waals surface area contributed by atoms with Crippen LogP contribution < -0.4 is 5.32 Å². The fraction of sp³-hybridized carbons (Fsp3) is 0.333. The Morgan fingerprint density at radius 1 is 1.55 bits per heavy atom. The molecule has 6 nitrogen and oxygen atoms in total. The first-order valence-corrected chi connectivity index (χ1v) is 8.92. The SMILES string of the molecule is C[C@@H](CS(C)(=O)=O)C(=O)Nc1cc(-c2ccsc2)[nH]n1. The zero-order chi connectivity index (χ0) is 14.8. The summed E-state index contributed by atoms with van der Waals surface area (Å²) in [5.74, 6) is -0.776. The third-order valence-corrected chi connectivity index (χ3v) is 4.45. The number of rotatable bonds is 5. The summed E-state index contributed by atoms with van der Waals surface area (Å²) in [7, 11) is -3.18. The molecule has 0 bridgehead atoms. The van der Waals surface area contributed by atoms with Gasteiger partial charge in [0.1, 0.15) is 9.84 Å². The second kappa shape index (κ2) is 5.76. The van der Waals surface area contributed by atoms with Gasteiger partial charge in [0.2, 0.25) is 5.91 Å². The molecule has 0 aromatic carbocycles. The van der Waals surface area contributed by atoms with Crippen molar-refractivity contribution in [1.29, 1.82) is 0 Å². The number of H-pyrrole nitrogens is 1. The number of nitrogens with one attached hydrogen (secondary N) is 2. The highest BCUT2D eigenvalue weighted by atomic mass is 32.2. The minimum Gasteiger partial charge on any atom is -0.309 e. The van der Waals surface area contributed by atoms with Crippen LogP contribution in [-0.2, 0) is 14.6 Å². The van der Waals surface area contributed by atoms with Crippen molar-refractivity contribution in [3.63, 3.8) is 0 Å². The largest absolute Gasteiger partial charge is 0.309 e. The van der Waals surface area contributed by atoms with E-state index in [0.29, 0.717) is 5.82 Å². The molecule has 2 heterocycles. The average molecular weight is 313 g/mol.